The van der Waals surface area contributed by atoms with Crippen molar-refractivity contribution in [1.29, 1.82) is 0 Å². The van der Waals surface area contributed by atoms with Crippen molar-refractivity contribution < 1.29 is 4.74 Å². The van der Waals surface area contributed by atoms with Crippen molar-refractivity contribution in [2.45, 2.75) is 65.0 Å². The van der Waals surface area contributed by atoms with Gasteiger partial charge in [-0.25, -0.2) is 0 Å². The summed E-state index contributed by atoms with van der Waals surface area (Å²) in [4.78, 5) is 0. The molecule has 0 heterocycles. The Morgan fingerprint density at radius 1 is 1.16 bits per heavy atom. The first kappa shape index (κ1) is 14.4. The molecule has 2 rings (SSSR count). The summed E-state index contributed by atoms with van der Waals surface area (Å²) in [6.07, 6.45) is 6.60. The molecule has 1 aliphatic rings. The Hall–Kier alpha value is -1.02. The molecule has 1 saturated carbocycles. The molecule has 0 bridgehead atoms. The van der Waals surface area contributed by atoms with Gasteiger partial charge in [0.25, 0.3) is 0 Å². The molecule has 2 N–H and O–H groups in total. The Bertz CT molecular complexity index is 390. The van der Waals surface area contributed by atoms with Gasteiger partial charge in [0.15, 0.2) is 0 Å². The second kappa shape index (κ2) is 5.96. The van der Waals surface area contributed by atoms with Crippen LogP contribution in [-0.2, 0) is 0 Å². The van der Waals surface area contributed by atoms with E-state index in [-0.39, 0.29) is 12.1 Å². The van der Waals surface area contributed by atoms with Crippen molar-refractivity contribution in [2.24, 2.45) is 11.1 Å². The maximum absolute atomic E-state index is 6.56. The van der Waals surface area contributed by atoms with Crippen LogP contribution in [0.15, 0.2) is 24.3 Å². The highest BCUT2D eigenvalue weighted by atomic mass is 16.5. The first-order chi connectivity index (χ1) is 9.07. The SMILES string of the molecule is CCC1(C(N)c2ccc(OC(C)C)cc2)CCCC1. The summed E-state index contributed by atoms with van der Waals surface area (Å²) < 4.78 is 5.69. The summed E-state index contributed by atoms with van der Waals surface area (Å²) >= 11 is 0. The topological polar surface area (TPSA) is 35.2 Å². The van der Waals surface area contributed by atoms with E-state index >= 15 is 0 Å². The van der Waals surface area contributed by atoms with E-state index < -0.39 is 0 Å². The van der Waals surface area contributed by atoms with Crippen LogP contribution in [0, 0.1) is 5.41 Å². The van der Waals surface area contributed by atoms with Crippen molar-refractivity contribution >= 4 is 0 Å². The zero-order valence-electron chi connectivity index (χ0n) is 12.5. The molecule has 0 amide bonds. The Labute approximate surface area is 117 Å². The van der Waals surface area contributed by atoms with E-state index in [1.54, 1.807) is 0 Å². The van der Waals surface area contributed by atoms with Crippen LogP contribution in [0.4, 0.5) is 0 Å². The minimum Gasteiger partial charge on any atom is -0.491 e. The minimum atomic E-state index is 0.160. The predicted molar refractivity (Wildman–Crippen MR) is 80.3 cm³/mol. The lowest BCUT2D eigenvalue weighted by Crippen LogP contribution is -2.31. The molecule has 1 aromatic rings. The molecule has 106 valence electrons. The second-order valence-corrected chi connectivity index (χ2v) is 6.14. The lowest BCUT2D eigenvalue weighted by atomic mass is 9.74. The quantitative estimate of drug-likeness (QED) is 0.850. The average molecular weight is 261 g/mol. The van der Waals surface area contributed by atoms with Gasteiger partial charge < -0.3 is 10.5 Å². The lowest BCUT2D eigenvalue weighted by molar-refractivity contribution is 0.221. The first-order valence-electron chi connectivity index (χ1n) is 7.59. The standard InChI is InChI=1S/C17H27NO/c1-4-17(11-5-6-12-17)16(18)14-7-9-15(10-8-14)19-13(2)3/h7-10,13,16H,4-6,11-12,18H2,1-3H3. The maximum atomic E-state index is 6.56. The number of hydrogen-bond donors (Lipinski definition) is 1. The fourth-order valence-electron chi connectivity index (χ4n) is 3.34. The highest BCUT2D eigenvalue weighted by molar-refractivity contribution is 5.30. The Morgan fingerprint density at radius 3 is 2.21 bits per heavy atom. The van der Waals surface area contributed by atoms with Crippen molar-refractivity contribution in [1.82, 2.24) is 0 Å². The van der Waals surface area contributed by atoms with Gasteiger partial charge in [0.1, 0.15) is 5.75 Å². The van der Waals surface area contributed by atoms with Crippen LogP contribution in [0.3, 0.4) is 0 Å². The van der Waals surface area contributed by atoms with E-state index in [4.69, 9.17) is 10.5 Å². The number of rotatable bonds is 5. The van der Waals surface area contributed by atoms with Crippen molar-refractivity contribution in [3.63, 3.8) is 0 Å². The van der Waals surface area contributed by atoms with Gasteiger partial charge in [-0.05, 0) is 56.2 Å². The Kier molecular flexibility index (Phi) is 4.51. The average Bonchev–Trinajstić information content (AvgIpc) is 2.88. The molecule has 1 unspecified atom stereocenters. The Morgan fingerprint density at radius 2 is 1.74 bits per heavy atom. The molecule has 1 atom stereocenters. The summed E-state index contributed by atoms with van der Waals surface area (Å²) in [5.74, 6) is 0.933. The van der Waals surface area contributed by atoms with Crippen molar-refractivity contribution in [2.75, 3.05) is 0 Å². The third-order valence-corrected chi connectivity index (χ3v) is 4.57. The molecule has 2 heteroatoms. The molecular formula is C17H27NO. The van der Waals surface area contributed by atoms with Gasteiger partial charge in [-0.2, -0.15) is 0 Å². The molecule has 19 heavy (non-hydrogen) atoms. The van der Waals surface area contributed by atoms with Crippen molar-refractivity contribution in [3.05, 3.63) is 29.8 Å². The molecule has 2 nitrogen and oxygen atoms in total. The van der Waals surface area contributed by atoms with E-state index in [2.05, 4.69) is 19.1 Å². The van der Waals surface area contributed by atoms with E-state index in [9.17, 15) is 0 Å². The zero-order chi connectivity index (χ0) is 13.9. The van der Waals surface area contributed by atoms with Crippen LogP contribution in [0.2, 0.25) is 0 Å². The monoisotopic (exact) mass is 261 g/mol. The minimum absolute atomic E-state index is 0.160. The van der Waals surface area contributed by atoms with Crippen LogP contribution in [0.1, 0.15) is 64.5 Å². The number of hydrogen-bond acceptors (Lipinski definition) is 2. The van der Waals surface area contributed by atoms with Crippen LogP contribution >= 0.6 is 0 Å². The molecule has 0 spiro atoms. The summed E-state index contributed by atoms with van der Waals surface area (Å²) in [5, 5.41) is 0. The van der Waals surface area contributed by atoms with Crippen LogP contribution in [0.25, 0.3) is 0 Å². The second-order valence-electron chi connectivity index (χ2n) is 6.14. The van der Waals surface area contributed by atoms with Gasteiger partial charge in [-0.1, -0.05) is 31.9 Å². The normalized spacial score (nSPS) is 19.6. The number of ether oxygens (including phenoxy) is 1. The third-order valence-electron chi connectivity index (χ3n) is 4.57. The van der Waals surface area contributed by atoms with E-state index in [1.807, 2.05) is 26.0 Å². The van der Waals surface area contributed by atoms with Crippen molar-refractivity contribution in [3.8, 4) is 5.75 Å². The molecule has 1 aromatic carbocycles. The van der Waals surface area contributed by atoms with Crippen LogP contribution in [-0.4, -0.2) is 6.10 Å². The third kappa shape index (κ3) is 3.11. The molecule has 1 aliphatic carbocycles. The highest BCUT2D eigenvalue weighted by Gasteiger charge is 2.38. The Balaban J connectivity index is 2.12. The van der Waals surface area contributed by atoms with Crippen LogP contribution < -0.4 is 10.5 Å². The summed E-state index contributed by atoms with van der Waals surface area (Å²) in [6.45, 7) is 6.37. The van der Waals surface area contributed by atoms with Gasteiger partial charge in [0.2, 0.25) is 0 Å². The van der Waals surface area contributed by atoms with Gasteiger partial charge in [0, 0.05) is 6.04 Å². The zero-order valence-corrected chi connectivity index (χ0v) is 12.5. The molecule has 0 radical (unpaired) electrons. The van der Waals surface area contributed by atoms with Gasteiger partial charge >= 0.3 is 0 Å². The van der Waals surface area contributed by atoms with Gasteiger partial charge in [-0.3, -0.25) is 0 Å². The fourth-order valence-corrected chi connectivity index (χ4v) is 3.34. The number of nitrogens with two attached hydrogens (primary N) is 1. The van der Waals surface area contributed by atoms with Crippen LogP contribution in [0.5, 0.6) is 5.75 Å². The molecule has 0 aliphatic heterocycles. The molecule has 0 saturated heterocycles. The molecule has 1 fully saturated rings. The largest absolute Gasteiger partial charge is 0.491 e. The summed E-state index contributed by atoms with van der Waals surface area (Å²) in [7, 11) is 0. The molecule has 0 aromatic heterocycles. The lowest BCUT2D eigenvalue weighted by Gasteiger charge is -2.34. The van der Waals surface area contributed by atoms with Gasteiger partial charge in [0.05, 0.1) is 6.10 Å². The van der Waals surface area contributed by atoms with E-state index in [0.717, 1.165) is 5.75 Å². The maximum Gasteiger partial charge on any atom is 0.119 e. The van der Waals surface area contributed by atoms with E-state index in [1.165, 1.54) is 37.7 Å². The number of benzene rings is 1. The fraction of sp³-hybridized carbons (Fsp3) is 0.647. The first-order valence-corrected chi connectivity index (χ1v) is 7.59. The predicted octanol–water partition coefficient (Wildman–Crippen LogP) is 4.44. The van der Waals surface area contributed by atoms with Gasteiger partial charge in [-0.15, -0.1) is 0 Å². The smallest absolute Gasteiger partial charge is 0.119 e. The van der Waals surface area contributed by atoms with E-state index in [0.29, 0.717) is 5.41 Å². The summed E-state index contributed by atoms with van der Waals surface area (Å²) in [5.41, 5.74) is 8.13. The summed E-state index contributed by atoms with van der Waals surface area (Å²) in [6, 6.07) is 8.53. The molecular weight excluding hydrogens is 234 g/mol. The highest BCUT2D eigenvalue weighted by Crippen LogP contribution is 2.48.